The van der Waals surface area contributed by atoms with Crippen LogP contribution in [0.3, 0.4) is 0 Å². The van der Waals surface area contributed by atoms with Crippen molar-refractivity contribution in [1.29, 1.82) is 0 Å². The van der Waals surface area contributed by atoms with E-state index in [0.29, 0.717) is 10.7 Å². The molecule has 1 aromatic heterocycles. The molecular weight excluding hydrogens is 486 g/mol. The Morgan fingerprint density at radius 2 is 1.60 bits per heavy atom. The first-order valence-electron chi connectivity index (χ1n) is 10.7. The summed E-state index contributed by atoms with van der Waals surface area (Å²) in [7, 11) is 0. The lowest BCUT2D eigenvalue weighted by Crippen LogP contribution is -2.45. The number of hydrogen-bond donors (Lipinski definition) is 2. The third-order valence-corrected chi connectivity index (χ3v) is 7.18. The highest BCUT2D eigenvalue weighted by molar-refractivity contribution is 7.80. The molecule has 2 atom stereocenters. The summed E-state index contributed by atoms with van der Waals surface area (Å²) in [6.07, 6.45) is 0. The summed E-state index contributed by atoms with van der Waals surface area (Å²) in [6.45, 7) is 3.31. The van der Waals surface area contributed by atoms with Crippen LogP contribution in [0.2, 0.25) is 0 Å². The van der Waals surface area contributed by atoms with Gasteiger partial charge in [-0.05, 0) is 53.4 Å². The van der Waals surface area contributed by atoms with Gasteiger partial charge in [-0.2, -0.15) is 0 Å². The van der Waals surface area contributed by atoms with Crippen molar-refractivity contribution in [1.82, 2.24) is 4.98 Å². The molecule has 0 radical (unpaired) electrons. The minimum atomic E-state index is -2.75. The molecule has 1 amide bonds. The van der Waals surface area contributed by atoms with Crippen molar-refractivity contribution in [3.8, 4) is 11.1 Å². The molecule has 4 rings (SSSR count). The van der Waals surface area contributed by atoms with Crippen LogP contribution in [0.25, 0.3) is 21.3 Å². The second kappa shape index (κ2) is 10.3. The van der Waals surface area contributed by atoms with Gasteiger partial charge < -0.3 is 15.0 Å². The number of fused-ring (bicyclic) bond motifs is 1. The number of aromatic nitrogens is 1. The van der Waals surface area contributed by atoms with Crippen LogP contribution in [-0.2, 0) is 16.1 Å². The van der Waals surface area contributed by atoms with E-state index in [9.17, 15) is 23.5 Å². The van der Waals surface area contributed by atoms with Gasteiger partial charge >= 0.3 is 5.97 Å². The fraction of sp³-hybridized carbons (Fsp3) is 0.160. The van der Waals surface area contributed by atoms with Crippen molar-refractivity contribution < 1.29 is 23.5 Å². The van der Waals surface area contributed by atoms with Gasteiger partial charge in [0.05, 0.1) is 10.2 Å². The Hall–Kier alpha value is -3.60. The van der Waals surface area contributed by atoms with E-state index in [4.69, 9.17) is 0 Å². The number of nitrogens with one attached hydrogen (secondary N) is 1. The van der Waals surface area contributed by atoms with E-state index in [1.807, 2.05) is 36.4 Å². The summed E-state index contributed by atoms with van der Waals surface area (Å²) in [6, 6.07) is 20.2. The highest BCUT2D eigenvalue weighted by Crippen LogP contribution is 2.28. The zero-order chi connectivity index (χ0) is 25.1. The molecule has 180 valence electrons. The monoisotopic (exact) mass is 508 g/mol. The lowest BCUT2D eigenvalue weighted by atomic mass is 10.0. The highest BCUT2D eigenvalue weighted by atomic mass is 32.2. The number of carbonyl (C=O) groups excluding carboxylic acids is 1. The number of anilines is 2. The third kappa shape index (κ3) is 5.40. The van der Waals surface area contributed by atoms with E-state index in [0.717, 1.165) is 25.6 Å². The Morgan fingerprint density at radius 1 is 1.00 bits per heavy atom. The first-order chi connectivity index (χ1) is 16.7. The maximum Gasteiger partial charge on any atom is 0.327 e. The number of carboxylic acid groups (broad SMARTS) is 1. The SMILES string of the molecule is CC(C)C(C(=O)O)N(c1ccc(-c2ccc(NC(=O)c3nc4ccccc4s3)cc2)cc1)S(=O)[O-]. The standard InChI is InChI=1S/C25H23N3O5S2/c1-15(2)22(25(30)31)28(35(32)33)19-13-9-17(10-14-19)16-7-11-18(12-8-16)26-23(29)24-27-20-5-3-4-6-21(20)34-24/h3-15,22H,1-2H3,(H,26,29)(H,30,31)(H,32,33)/p-1. The van der Waals surface area contributed by atoms with Crippen LogP contribution in [0.1, 0.15) is 23.6 Å². The van der Waals surface area contributed by atoms with E-state index >= 15 is 0 Å². The molecular formula is C25H22N3O5S2-. The molecule has 0 aliphatic carbocycles. The molecule has 0 fully saturated rings. The van der Waals surface area contributed by atoms with Gasteiger partial charge in [0.1, 0.15) is 6.04 Å². The van der Waals surface area contributed by atoms with Crippen LogP contribution in [0.4, 0.5) is 11.4 Å². The van der Waals surface area contributed by atoms with Crippen LogP contribution >= 0.6 is 11.3 Å². The summed E-state index contributed by atoms with van der Waals surface area (Å²) in [5, 5.41) is 12.7. The molecule has 4 aromatic rings. The Labute approximate surface area is 208 Å². The lowest BCUT2D eigenvalue weighted by Gasteiger charge is -2.34. The zero-order valence-corrected chi connectivity index (χ0v) is 20.5. The Balaban J connectivity index is 1.49. The lowest BCUT2D eigenvalue weighted by molar-refractivity contribution is -0.139. The maximum absolute atomic E-state index is 12.6. The van der Waals surface area contributed by atoms with Gasteiger partial charge in [-0.3, -0.25) is 13.3 Å². The number of rotatable bonds is 8. The van der Waals surface area contributed by atoms with E-state index in [1.165, 1.54) is 11.3 Å². The van der Waals surface area contributed by atoms with E-state index < -0.39 is 29.2 Å². The summed E-state index contributed by atoms with van der Waals surface area (Å²) in [4.78, 5) is 28.6. The molecule has 8 nitrogen and oxygen atoms in total. The number of amides is 1. The van der Waals surface area contributed by atoms with Crippen LogP contribution in [0, 0.1) is 5.92 Å². The average molecular weight is 509 g/mol. The molecule has 0 saturated heterocycles. The zero-order valence-electron chi connectivity index (χ0n) is 18.9. The van der Waals surface area contributed by atoms with E-state index in [1.54, 1.807) is 50.2 Å². The fourth-order valence-electron chi connectivity index (χ4n) is 3.70. The number of benzene rings is 3. The summed E-state index contributed by atoms with van der Waals surface area (Å²) in [5.41, 5.74) is 3.32. The van der Waals surface area contributed by atoms with Crippen LogP contribution in [-0.4, -0.2) is 36.8 Å². The molecule has 2 unspecified atom stereocenters. The van der Waals surface area contributed by atoms with Gasteiger partial charge in [-0.25, -0.2) is 9.78 Å². The second-order valence-corrected chi connectivity index (χ2v) is 9.99. The minimum absolute atomic E-state index is 0.267. The first kappa shape index (κ1) is 24.5. The molecule has 35 heavy (non-hydrogen) atoms. The van der Waals surface area contributed by atoms with Gasteiger partial charge in [0.25, 0.3) is 5.91 Å². The Morgan fingerprint density at radius 3 is 2.14 bits per heavy atom. The van der Waals surface area contributed by atoms with Crippen LogP contribution in [0.5, 0.6) is 0 Å². The van der Waals surface area contributed by atoms with Gasteiger partial charge in [0.15, 0.2) is 5.01 Å². The number of para-hydroxylation sites is 1. The van der Waals surface area contributed by atoms with Crippen LogP contribution < -0.4 is 9.62 Å². The summed E-state index contributed by atoms with van der Waals surface area (Å²) >= 11 is -1.42. The van der Waals surface area contributed by atoms with Crippen molar-refractivity contribution in [2.24, 2.45) is 5.92 Å². The van der Waals surface area contributed by atoms with Crippen molar-refractivity contribution in [2.75, 3.05) is 9.62 Å². The minimum Gasteiger partial charge on any atom is -0.755 e. The molecule has 3 aromatic carbocycles. The van der Waals surface area contributed by atoms with Gasteiger partial charge in [-0.1, -0.05) is 50.2 Å². The third-order valence-electron chi connectivity index (χ3n) is 5.38. The number of hydrogen-bond acceptors (Lipinski definition) is 6. The topological polar surface area (TPSA) is 123 Å². The van der Waals surface area contributed by atoms with Gasteiger partial charge in [0.2, 0.25) is 0 Å². The fourth-order valence-corrected chi connectivity index (χ4v) is 5.37. The molecule has 0 spiro atoms. The molecule has 2 N–H and O–H groups in total. The van der Waals surface area contributed by atoms with Crippen molar-refractivity contribution in [3.63, 3.8) is 0 Å². The average Bonchev–Trinajstić information content (AvgIpc) is 3.27. The predicted molar refractivity (Wildman–Crippen MR) is 137 cm³/mol. The van der Waals surface area contributed by atoms with E-state index in [-0.39, 0.29) is 11.6 Å². The molecule has 0 bridgehead atoms. The van der Waals surface area contributed by atoms with E-state index in [2.05, 4.69) is 10.3 Å². The number of nitrogens with zero attached hydrogens (tertiary/aromatic N) is 2. The highest BCUT2D eigenvalue weighted by Gasteiger charge is 2.30. The largest absolute Gasteiger partial charge is 0.755 e. The molecule has 0 saturated carbocycles. The normalized spacial score (nSPS) is 12.9. The molecule has 0 aliphatic rings. The predicted octanol–water partition coefficient (Wildman–Crippen LogP) is 4.93. The van der Waals surface area contributed by atoms with Gasteiger partial charge in [0, 0.05) is 22.6 Å². The molecule has 1 heterocycles. The second-order valence-electron chi connectivity index (χ2n) is 8.14. The Kier molecular flexibility index (Phi) is 7.25. The van der Waals surface area contributed by atoms with Crippen molar-refractivity contribution in [2.45, 2.75) is 19.9 Å². The first-order valence-corrected chi connectivity index (χ1v) is 12.6. The molecule has 0 aliphatic heterocycles. The number of thiazole rings is 1. The quantitative estimate of drug-likeness (QED) is 0.326. The summed E-state index contributed by atoms with van der Waals surface area (Å²) < 4.78 is 25.4. The van der Waals surface area contributed by atoms with Gasteiger partial charge in [-0.15, -0.1) is 11.3 Å². The number of carbonyl (C=O) groups is 2. The maximum atomic E-state index is 12.6. The van der Waals surface area contributed by atoms with Crippen molar-refractivity contribution in [3.05, 3.63) is 77.8 Å². The summed E-state index contributed by atoms with van der Waals surface area (Å²) in [5.74, 6) is -1.92. The molecule has 10 heteroatoms. The number of carboxylic acids is 1. The Bertz CT molecular complexity index is 1350. The van der Waals surface area contributed by atoms with Crippen LogP contribution in [0.15, 0.2) is 72.8 Å². The van der Waals surface area contributed by atoms with Crippen molar-refractivity contribution >= 4 is 56.1 Å². The number of aliphatic carboxylic acids is 1. The smallest absolute Gasteiger partial charge is 0.327 e.